The lowest BCUT2D eigenvalue weighted by Gasteiger charge is -2.35. The van der Waals surface area contributed by atoms with E-state index in [1.807, 2.05) is 6.07 Å². The van der Waals surface area contributed by atoms with Crippen LogP contribution in [0.5, 0.6) is 0 Å². The van der Waals surface area contributed by atoms with Crippen LogP contribution in [0.1, 0.15) is 11.8 Å². The summed E-state index contributed by atoms with van der Waals surface area (Å²) in [6.45, 7) is 0.601. The minimum atomic E-state index is -3.53. The van der Waals surface area contributed by atoms with Crippen LogP contribution in [0.4, 0.5) is 0 Å². The first-order valence-electron chi connectivity index (χ1n) is 7.55. The zero-order chi connectivity index (χ0) is 17.4. The van der Waals surface area contributed by atoms with E-state index in [1.165, 1.54) is 16.4 Å². The number of rotatable bonds is 4. The third kappa shape index (κ3) is 3.04. The van der Waals surface area contributed by atoms with Crippen molar-refractivity contribution < 1.29 is 12.9 Å². The fraction of sp³-hybridized carbons (Fsp3) is 0.188. The van der Waals surface area contributed by atoms with Crippen LogP contribution in [-0.2, 0) is 10.0 Å². The number of halogens is 1. The van der Waals surface area contributed by atoms with Crippen molar-refractivity contribution in [1.29, 1.82) is 0 Å². The molecule has 1 aliphatic heterocycles. The molecular weight excluding hydrogens is 364 g/mol. The number of benzene rings is 1. The number of hydrogen-bond donors (Lipinski definition) is 0. The Labute approximate surface area is 149 Å². The van der Waals surface area contributed by atoms with Crippen molar-refractivity contribution in [3.05, 3.63) is 59.6 Å². The lowest BCUT2D eigenvalue weighted by molar-refractivity contribution is 0.217. The second kappa shape index (κ2) is 6.21. The maximum absolute atomic E-state index is 12.5. The fourth-order valence-corrected chi connectivity index (χ4v) is 4.20. The van der Waals surface area contributed by atoms with Gasteiger partial charge in [0.25, 0.3) is 0 Å². The second-order valence-electron chi connectivity index (χ2n) is 5.64. The molecule has 0 atom stereocenters. The van der Waals surface area contributed by atoms with Crippen molar-refractivity contribution in [1.82, 2.24) is 19.4 Å². The van der Waals surface area contributed by atoms with Gasteiger partial charge in [0.1, 0.15) is 5.69 Å². The molecule has 0 radical (unpaired) electrons. The Bertz CT molecular complexity index is 984. The molecular formula is C16H13ClN4O3S. The maximum atomic E-state index is 12.5. The molecule has 3 heterocycles. The Morgan fingerprint density at radius 1 is 1.12 bits per heavy atom. The number of pyridine rings is 1. The van der Waals surface area contributed by atoms with E-state index < -0.39 is 10.0 Å². The Hall–Kier alpha value is -2.29. The van der Waals surface area contributed by atoms with Gasteiger partial charge in [0.2, 0.25) is 21.7 Å². The molecule has 3 aromatic rings. The summed E-state index contributed by atoms with van der Waals surface area (Å²) in [4.78, 5) is 8.71. The number of sulfonamides is 1. The lowest BCUT2D eigenvalue weighted by Crippen LogP contribution is -2.48. The molecule has 0 amide bonds. The van der Waals surface area contributed by atoms with Crippen LogP contribution in [0, 0.1) is 0 Å². The first-order chi connectivity index (χ1) is 12.0. The van der Waals surface area contributed by atoms with Crippen molar-refractivity contribution in [2.75, 3.05) is 13.1 Å². The third-order valence-corrected chi connectivity index (χ3v) is 6.08. The molecule has 1 aliphatic rings. The van der Waals surface area contributed by atoms with Gasteiger partial charge < -0.3 is 4.52 Å². The predicted octanol–water partition coefficient (Wildman–Crippen LogP) is 2.57. The summed E-state index contributed by atoms with van der Waals surface area (Å²) in [6.07, 6.45) is 1.65. The quantitative estimate of drug-likeness (QED) is 0.695. The molecule has 0 saturated carbocycles. The van der Waals surface area contributed by atoms with E-state index in [2.05, 4.69) is 15.1 Å². The average Bonchev–Trinajstić information content (AvgIpc) is 3.04. The van der Waals surface area contributed by atoms with E-state index in [1.54, 1.807) is 30.5 Å². The highest BCUT2D eigenvalue weighted by atomic mass is 35.5. The summed E-state index contributed by atoms with van der Waals surface area (Å²) in [5.41, 5.74) is 0.613. The Balaban J connectivity index is 1.47. The molecule has 128 valence electrons. The minimum Gasteiger partial charge on any atom is -0.339 e. The SMILES string of the molecule is O=S(=O)(c1ccc(Cl)cc1)N1CC(c2nc(-c3ccccn3)no2)C1. The topological polar surface area (TPSA) is 89.2 Å². The van der Waals surface area contributed by atoms with Crippen LogP contribution in [-0.4, -0.2) is 40.9 Å². The Morgan fingerprint density at radius 3 is 2.56 bits per heavy atom. The van der Waals surface area contributed by atoms with Crippen LogP contribution in [0.2, 0.25) is 5.02 Å². The van der Waals surface area contributed by atoms with Crippen LogP contribution in [0.15, 0.2) is 58.1 Å². The third-order valence-electron chi connectivity index (χ3n) is 3.98. The van der Waals surface area contributed by atoms with Crippen LogP contribution in [0.3, 0.4) is 0 Å². The van der Waals surface area contributed by atoms with E-state index in [9.17, 15) is 8.42 Å². The molecule has 0 N–H and O–H groups in total. The summed E-state index contributed by atoms with van der Waals surface area (Å²) < 4.78 is 31.7. The van der Waals surface area contributed by atoms with Gasteiger partial charge in [0, 0.05) is 24.3 Å². The monoisotopic (exact) mass is 376 g/mol. The van der Waals surface area contributed by atoms with Gasteiger partial charge in [-0.25, -0.2) is 8.42 Å². The van der Waals surface area contributed by atoms with Gasteiger partial charge in [-0.3, -0.25) is 4.98 Å². The number of nitrogens with zero attached hydrogens (tertiary/aromatic N) is 4. The summed E-state index contributed by atoms with van der Waals surface area (Å²) in [5.74, 6) is 0.699. The van der Waals surface area contributed by atoms with Gasteiger partial charge in [-0.15, -0.1) is 0 Å². The molecule has 1 aromatic carbocycles. The largest absolute Gasteiger partial charge is 0.339 e. The van der Waals surface area contributed by atoms with E-state index in [-0.39, 0.29) is 10.8 Å². The Kier molecular flexibility index (Phi) is 4.03. The van der Waals surface area contributed by atoms with Crippen molar-refractivity contribution in [3.63, 3.8) is 0 Å². The van der Waals surface area contributed by atoms with E-state index in [4.69, 9.17) is 16.1 Å². The first-order valence-corrected chi connectivity index (χ1v) is 9.36. The first kappa shape index (κ1) is 16.2. The highest BCUT2D eigenvalue weighted by Crippen LogP contribution is 2.32. The van der Waals surface area contributed by atoms with Gasteiger partial charge in [-0.1, -0.05) is 22.8 Å². The lowest BCUT2D eigenvalue weighted by atomic mass is 10.0. The highest BCUT2D eigenvalue weighted by Gasteiger charge is 2.40. The van der Waals surface area contributed by atoms with Gasteiger partial charge in [-0.2, -0.15) is 9.29 Å². The van der Waals surface area contributed by atoms with Crippen molar-refractivity contribution in [2.24, 2.45) is 0 Å². The fourth-order valence-electron chi connectivity index (χ4n) is 2.55. The molecule has 9 heteroatoms. The molecule has 0 bridgehead atoms. The van der Waals surface area contributed by atoms with Gasteiger partial charge in [-0.05, 0) is 36.4 Å². The highest BCUT2D eigenvalue weighted by molar-refractivity contribution is 7.89. The minimum absolute atomic E-state index is 0.118. The number of hydrogen-bond acceptors (Lipinski definition) is 6. The van der Waals surface area contributed by atoms with Crippen LogP contribution < -0.4 is 0 Å². The van der Waals surface area contributed by atoms with E-state index >= 15 is 0 Å². The average molecular weight is 377 g/mol. The van der Waals surface area contributed by atoms with Gasteiger partial charge in [0.15, 0.2) is 0 Å². The normalized spacial score (nSPS) is 15.9. The molecule has 7 nitrogen and oxygen atoms in total. The van der Waals surface area contributed by atoms with Crippen molar-refractivity contribution in [2.45, 2.75) is 10.8 Å². The molecule has 1 fully saturated rings. The van der Waals surface area contributed by atoms with Crippen molar-refractivity contribution in [3.8, 4) is 11.5 Å². The molecule has 0 spiro atoms. The summed E-state index contributed by atoms with van der Waals surface area (Å²) in [5, 5.41) is 4.41. The molecule has 0 aliphatic carbocycles. The smallest absolute Gasteiger partial charge is 0.243 e. The van der Waals surface area contributed by atoms with E-state index in [0.29, 0.717) is 35.5 Å². The van der Waals surface area contributed by atoms with Crippen LogP contribution >= 0.6 is 11.6 Å². The van der Waals surface area contributed by atoms with Gasteiger partial charge >= 0.3 is 0 Å². The Morgan fingerprint density at radius 2 is 1.88 bits per heavy atom. The molecule has 25 heavy (non-hydrogen) atoms. The molecule has 0 unspecified atom stereocenters. The molecule has 1 saturated heterocycles. The summed E-state index contributed by atoms with van der Waals surface area (Å²) in [7, 11) is -3.53. The van der Waals surface area contributed by atoms with Crippen molar-refractivity contribution >= 4 is 21.6 Å². The predicted molar refractivity (Wildman–Crippen MR) is 90.5 cm³/mol. The molecule has 4 rings (SSSR count). The van der Waals surface area contributed by atoms with Crippen LogP contribution in [0.25, 0.3) is 11.5 Å². The summed E-state index contributed by atoms with van der Waals surface area (Å²) >= 11 is 5.80. The summed E-state index contributed by atoms with van der Waals surface area (Å²) in [6, 6.07) is 11.5. The second-order valence-corrected chi connectivity index (χ2v) is 8.02. The zero-order valence-corrected chi connectivity index (χ0v) is 14.5. The maximum Gasteiger partial charge on any atom is 0.243 e. The molecule has 2 aromatic heterocycles. The number of aromatic nitrogens is 3. The standard InChI is InChI=1S/C16H13ClN4O3S/c17-12-4-6-13(7-5-12)25(22,23)21-9-11(10-21)16-19-15(20-24-16)14-3-1-2-8-18-14/h1-8,11H,9-10H2. The van der Waals surface area contributed by atoms with E-state index in [0.717, 1.165) is 0 Å². The van der Waals surface area contributed by atoms with Gasteiger partial charge in [0.05, 0.1) is 10.8 Å². The zero-order valence-electron chi connectivity index (χ0n) is 12.9.